The minimum atomic E-state index is -0.0527. The second-order valence-corrected chi connectivity index (χ2v) is 6.47. The highest BCUT2D eigenvalue weighted by atomic mass is 16.2. The van der Waals surface area contributed by atoms with Crippen LogP contribution in [0.1, 0.15) is 18.5 Å². The summed E-state index contributed by atoms with van der Waals surface area (Å²) in [6.07, 6.45) is 3.83. The fraction of sp³-hybridized carbons (Fsp3) is 0.471. The number of nitrogens with one attached hydrogen (secondary N) is 1. The van der Waals surface area contributed by atoms with Crippen molar-refractivity contribution in [2.45, 2.75) is 25.4 Å². The third-order valence-corrected chi connectivity index (χ3v) is 4.82. The van der Waals surface area contributed by atoms with Crippen LogP contribution in [0.4, 0.5) is 4.79 Å². The molecule has 0 bridgehead atoms. The van der Waals surface area contributed by atoms with E-state index in [0.29, 0.717) is 12.2 Å². The van der Waals surface area contributed by atoms with Gasteiger partial charge >= 0.3 is 6.03 Å². The highest BCUT2D eigenvalue weighted by Crippen LogP contribution is 2.19. The van der Waals surface area contributed by atoms with Crippen LogP contribution in [0.15, 0.2) is 35.3 Å². The van der Waals surface area contributed by atoms with Crippen LogP contribution in [0.25, 0.3) is 5.65 Å². The van der Waals surface area contributed by atoms with E-state index >= 15 is 0 Å². The maximum atomic E-state index is 12.2. The average molecular weight is 327 g/mol. The summed E-state index contributed by atoms with van der Waals surface area (Å²) in [4.78, 5) is 32.9. The van der Waals surface area contributed by atoms with Crippen molar-refractivity contribution in [2.75, 3.05) is 26.2 Å². The van der Waals surface area contributed by atoms with E-state index in [9.17, 15) is 9.59 Å². The van der Waals surface area contributed by atoms with Gasteiger partial charge in [0.25, 0.3) is 5.56 Å². The molecule has 0 aliphatic carbocycles. The van der Waals surface area contributed by atoms with E-state index in [-0.39, 0.29) is 17.6 Å². The summed E-state index contributed by atoms with van der Waals surface area (Å²) < 4.78 is 1.55. The number of hydrogen-bond donors (Lipinski definition) is 1. The summed E-state index contributed by atoms with van der Waals surface area (Å²) >= 11 is 0. The number of rotatable bonds is 3. The van der Waals surface area contributed by atoms with Gasteiger partial charge in [-0.1, -0.05) is 6.07 Å². The Balaban J connectivity index is 1.50. The predicted molar refractivity (Wildman–Crippen MR) is 89.9 cm³/mol. The van der Waals surface area contributed by atoms with Gasteiger partial charge in [0.1, 0.15) is 5.65 Å². The van der Waals surface area contributed by atoms with Crippen molar-refractivity contribution in [3.63, 3.8) is 0 Å². The molecule has 126 valence electrons. The molecule has 4 heterocycles. The molecule has 0 spiro atoms. The van der Waals surface area contributed by atoms with Crippen molar-refractivity contribution < 1.29 is 4.79 Å². The number of pyridine rings is 1. The predicted octanol–water partition coefficient (Wildman–Crippen LogP) is 0.684. The maximum absolute atomic E-state index is 12.2. The zero-order valence-corrected chi connectivity index (χ0v) is 13.5. The van der Waals surface area contributed by atoms with Gasteiger partial charge < -0.3 is 10.2 Å². The molecule has 2 amide bonds. The first kappa shape index (κ1) is 15.1. The molecule has 7 nitrogen and oxygen atoms in total. The molecule has 4 rings (SSSR count). The fourth-order valence-electron chi connectivity index (χ4n) is 3.68. The van der Waals surface area contributed by atoms with Crippen LogP contribution in [0.5, 0.6) is 0 Å². The lowest BCUT2D eigenvalue weighted by Crippen LogP contribution is -2.48. The van der Waals surface area contributed by atoms with Crippen molar-refractivity contribution in [3.8, 4) is 0 Å². The number of carbonyl (C=O) groups is 1. The van der Waals surface area contributed by atoms with E-state index < -0.39 is 0 Å². The third kappa shape index (κ3) is 2.87. The molecule has 0 aromatic carbocycles. The molecule has 7 heteroatoms. The number of urea groups is 1. The monoisotopic (exact) mass is 327 g/mol. The van der Waals surface area contributed by atoms with E-state index in [1.807, 2.05) is 23.1 Å². The SMILES string of the molecule is O=C1NCCN1[C@@H]1CCCN(Cc2cc(=O)n3ccccc3n2)C1. The summed E-state index contributed by atoms with van der Waals surface area (Å²) in [5.41, 5.74) is 1.41. The lowest BCUT2D eigenvalue weighted by atomic mass is 10.0. The summed E-state index contributed by atoms with van der Waals surface area (Å²) in [5, 5.41) is 2.87. The number of piperidine rings is 1. The summed E-state index contributed by atoms with van der Waals surface area (Å²) in [6.45, 7) is 3.98. The Labute approximate surface area is 139 Å². The molecule has 2 aliphatic rings. The van der Waals surface area contributed by atoms with Gasteiger partial charge in [0.15, 0.2) is 0 Å². The second kappa shape index (κ2) is 6.24. The highest BCUT2D eigenvalue weighted by Gasteiger charge is 2.31. The first-order valence-corrected chi connectivity index (χ1v) is 8.45. The molecule has 2 saturated heterocycles. The van der Waals surface area contributed by atoms with Gasteiger partial charge in [0.05, 0.1) is 5.69 Å². The Hall–Kier alpha value is -2.41. The third-order valence-electron chi connectivity index (χ3n) is 4.82. The number of nitrogens with zero attached hydrogens (tertiary/aromatic N) is 4. The largest absolute Gasteiger partial charge is 0.336 e. The fourth-order valence-corrected chi connectivity index (χ4v) is 3.68. The number of amides is 2. The van der Waals surface area contributed by atoms with Crippen LogP contribution in [0.2, 0.25) is 0 Å². The van der Waals surface area contributed by atoms with Crippen molar-refractivity contribution >= 4 is 11.7 Å². The maximum Gasteiger partial charge on any atom is 0.317 e. The summed E-state index contributed by atoms with van der Waals surface area (Å²) in [6, 6.07) is 7.46. The topological polar surface area (TPSA) is 70.0 Å². The second-order valence-electron chi connectivity index (χ2n) is 6.47. The first-order valence-electron chi connectivity index (χ1n) is 8.45. The molecule has 2 aromatic heterocycles. The van der Waals surface area contributed by atoms with Crippen LogP contribution < -0.4 is 10.9 Å². The number of aromatic nitrogens is 2. The van der Waals surface area contributed by atoms with Crippen LogP contribution in [-0.2, 0) is 6.54 Å². The van der Waals surface area contributed by atoms with Gasteiger partial charge in [0, 0.05) is 44.5 Å². The molecule has 0 unspecified atom stereocenters. The molecule has 2 aliphatic heterocycles. The minimum absolute atomic E-state index is 0.0453. The highest BCUT2D eigenvalue weighted by molar-refractivity contribution is 5.76. The van der Waals surface area contributed by atoms with Crippen molar-refractivity contribution in [1.82, 2.24) is 24.5 Å². The Morgan fingerprint density at radius 3 is 3.00 bits per heavy atom. The van der Waals surface area contributed by atoms with Crippen molar-refractivity contribution in [1.29, 1.82) is 0 Å². The zero-order chi connectivity index (χ0) is 16.5. The average Bonchev–Trinajstić information content (AvgIpc) is 3.01. The number of hydrogen-bond acceptors (Lipinski definition) is 4. The van der Waals surface area contributed by atoms with Crippen LogP contribution >= 0.6 is 0 Å². The first-order chi connectivity index (χ1) is 11.7. The van der Waals surface area contributed by atoms with Crippen molar-refractivity contribution in [2.24, 2.45) is 0 Å². The zero-order valence-electron chi connectivity index (χ0n) is 13.5. The molecular weight excluding hydrogens is 306 g/mol. The van der Waals surface area contributed by atoms with Gasteiger partial charge in [-0.15, -0.1) is 0 Å². The van der Waals surface area contributed by atoms with E-state index in [0.717, 1.165) is 44.7 Å². The van der Waals surface area contributed by atoms with E-state index in [2.05, 4.69) is 15.2 Å². The molecular formula is C17H21N5O2. The Morgan fingerprint density at radius 2 is 2.17 bits per heavy atom. The normalized spacial score (nSPS) is 22.1. The lowest BCUT2D eigenvalue weighted by Gasteiger charge is -2.36. The van der Waals surface area contributed by atoms with E-state index in [4.69, 9.17) is 0 Å². The molecule has 24 heavy (non-hydrogen) atoms. The smallest absolute Gasteiger partial charge is 0.317 e. The van der Waals surface area contributed by atoms with Gasteiger partial charge in [-0.05, 0) is 31.5 Å². The molecule has 1 atom stereocenters. The van der Waals surface area contributed by atoms with Gasteiger partial charge in [-0.2, -0.15) is 0 Å². The van der Waals surface area contributed by atoms with Crippen LogP contribution in [0.3, 0.4) is 0 Å². The Morgan fingerprint density at radius 1 is 1.25 bits per heavy atom. The molecule has 0 radical (unpaired) electrons. The van der Waals surface area contributed by atoms with Crippen LogP contribution in [0, 0.1) is 0 Å². The lowest BCUT2D eigenvalue weighted by molar-refractivity contribution is 0.121. The summed E-state index contributed by atoms with van der Waals surface area (Å²) in [5.74, 6) is 0. The Kier molecular flexibility index (Phi) is 3.93. The van der Waals surface area contributed by atoms with Gasteiger partial charge in [-0.25, -0.2) is 9.78 Å². The molecule has 0 saturated carbocycles. The van der Waals surface area contributed by atoms with E-state index in [1.165, 1.54) is 0 Å². The number of carbonyl (C=O) groups excluding carboxylic acids is 1. The molecule has 2 fully saturated rings. The van der Waals surface area contributed by atoms with E-state index in [1.54, 1.807) is 16.7 Å². The minimum Gasteiger partial charge on any atom is -0.336 e. The van der Waals surface area contributed by atoms with Crippen LogP contribution in [-0.4, -0.2) is 57.4 Å². The summed E-state index contributed by atoms with van der Waals surface area (Å²) in [7, 11) is 0. The number of likely N-dealkylation sites (tertiary alicyclic amines) is 1. The van der Waals surface area contributed by atoms with Crippen molar-refractivity contribution in [3.05, 3.63) is 46.5 Å². The molecule has 1 N–H and O–H groups in total. The molecule has 2 aromatic rings. The number of fused-ring (bicyclic) bond motifs is 1. The van der Waals surface area contributed by atoms with Gasteiger partial charge in [0.2, 0.25) is 0 Å². The Bertz CT molecular complexity index is 818. The van der Waals surface area contributed by atoms with Gasteiger partial charge in [-0.3, -0.25) is 14.1 Å². The quantitative estimate of drug-likeness (QED) is 0.900. The standard InChI is InChI=1S/C17H21N5O2/c23-16-10-13(19-15-5-1-2-8-22(15)16)11-20-7-3-4-14(12-20)21-9-6-18-17(21)24/h1-2,5,8,10,14H,3-4,6-7,9,11-12H2,(H,18,24)/t14-/m1/s1.